The van der Waals surface area contributed by atoms with Crippen LogP contribution in [-0.2, 0) is 0 Å². The maximum absolute atomic E-state index is 10.6. The summed E-state index contributed by atoms with van der Waals surface area (Å²) in [5.41, 5.74) is 9.41. The third-order valence-corrected chi connectivity index (χ3v) is 3.95. The summed E-state index contributed by atoms with van der Waals surface area (Å²) < 4.78 is 0. The van der Waals surface area contributed by atoms with Crippen LogP contribution < -0.4 is 5.73 Å². The summed E-state index contributed by atoms with van der Waals surface area (Å²) in [5, 5.41) is 21.1. The SMILES string of the molecule is Nc1ccc(C(O)c2ccccc2)cc1C(O)c1ccccc1. The summed E-state index contributed by atoms with van der Waals surface area (Å²) in [6.07, 6.45) is -1.57. The number of hydrogen-bond acceptors (Lipinski definition) is 3. The van der Waals surface area contributed by atoms with Crippen molar-refractivity contribution in [2.45, 2.75) is 12.2 Å². The van der Waals surface area contributed by atoms with Crippen LogP contribution in [-0.4, -0.2) is 10.2 Å². The highest BCUT2D eigenvalue weighted by Crippen LogP contribution is 2.31. The molecule has 0 saturated carbocycles. The molecule has 0 aliphatic rings. The zero-order chi connectivity index (χ0) is 16.2. The molecule has 0 radical (unpaired) electrons. The fourth-order valence-corrected chi connectivity index (χ4v) is 2.64. The number of aliphatic hydroxyl groups is 2. The third-order valence-electron chi connectivity index (χ3n) is 3.95. The Morgan fingerprint density at radius 1 is 0.609 bits per heavy atom. The molecule has 0 heterocycles. The van der Waals surface area contributed by atoms with Gasteiger partial charge < -0.3 is 15.9 Å². The Balaban J connectivity index is 1.96. The molecule has 0 aliphatic heterocycles. The molecule has 3 nitrogen and oxygen atoms in total. The van der Waals surface area contributed by atoms with Crippen LogP contribution >= 0.6 is 0 Å². The number of aliphatic hydroxyl groups excluding tert-OH is 2. The van der Waals surface area contributed by atoms with E-state index in [1.54, 1.807) is 18.2 Å². The minimum atomic E-state index is -0.820. The molecule has 0 bridgehead atoms. The molecule has 0 fully saturated rings. The molecule has 0 aromatic heterocycles. The lowest BCUT2D eigenvalue weighted by molar-refractivity contribution is 0.214. The van der Waals surface area contributed by atoms with Gasteiger partial charge >= 0.3 is 0 Å². The zero-order valence-electron chi connectivity index (χ0n) is 12.6. The predicted molar refractivity (Wildman–Crippen MR) is 91.9 cm³/mol. The molecule has 2 atom stereocenters. The number of nitrogen functional groups attached to an aromatic ring is 1. The second-order valence-corrected chi connectivity index (χ2v) is 5.51. The molecular formula is C20H19NO2. The monoisotopic (exact) mass is 305 g/mol. The van der Waals surface area contributed by atoms with Gasteiger partial charge in [0.1, 0.15) is 12.2 Å². The van der Waals surface area contributed by atoms with Crippen LogP contribution in [0.15, 0.2) is 78.9 Å². The number of nitrogens with two attached hydrogens (primary N) is 1. The quantitative estimate of drug-likeness (QED) is 0.647. The van der Waals surface area contributed by atoms with Gasteiger partial charge in [0, 0.05) is 11.3 Å². The van der Waals surface area contributed by atoms with E-state index in [0.717, 1.165) is 11.1 Å². The Kier molecular flexibility index (Phi) is 4.42. The second kappa shape index (κ2) is 6.65. The van der Waals surface area contributed by atoms with Crippen molar-refractivity contribution >= 4 is 5.69 Å². The minimum Gasteiger partial charge on any atom is -0.398 e. The van der Waals surface area contributed by atoms with Crippen molar-refractivity contribution < 1.29 is 10.2 Å². The van der Waals surface area contributed by atoms with E-state index in [-0.39, 0.29) is 0 Å². The van der Waals surface area contributed by atoms with Gasteiger partial charge in [-0.1, -0.05) is 66.7 Å². The molecule has 0 spiro atoms. The molecular weight excluding hydrogens is 286 g/mol. The highest BCUT2D eigenvalue weighted by atomic mass is 16.3. The fraction of sp³-hybridized carbons (Fsp3) is 0.100. The van der Waals surface area contributed by atoms with Gasteiger partial charge in [-0.05, 0) is 28.8 Å². The Hall–Kier alpha value is -2.62. The molecule has 3 aromatic rings. The van der Waals surface area contributed by atoms with Gasteiger partial charge in [0.15, 0.2) is 0 Å². The Morgan fingerprint density at radius 3 is 1.70 bits per heavy atom. The van der Waals surface area contributed by atoms with Gasteiger partial charge in [-0.2, -0.15) is 0 Å². The largest absolute Gasteiger partial charge is 0.398 e. The summed E-state index contributed by atoms with van der Waals surface area (Å²) in [6.45, 7) is 0. The van der Waals surface area contributed by atoms with Crippen LogP contribution in [0.1, 0.15) is 34.5 Å². The van der Waals surface area contributed by atoms with Crippen molar-refractivity contribution in [3.8, 4) is 0 Å². The van der Waals surface area contributed by atoms with Gasteiger partial charge in [0.25, 0.3) is 0 Å². The maximum atomic E-state index is 10.6. The van der Waals surface area contributed by atoms with Gasteiger partial charge in [-0.25, -0.2) is 0 Å². The first-order chi connectivity index (χ1) is 11.2. The molecule has 4 N–H and O–H groups in total. The van der Waals surface area contributed by atoms with E-state index in [1.807, 2.05) is 60.7 Å². The van der Waals surface area contributed by atoms with Crippen molar-refractivity contribution in [1.29, 1.82) is 0 Å². The first-order valence-corrected chi connectivity index (χ1v) is 7.52. The van der Waals surface area contributed by atoms with Gasteiger partial charge in [0.2, 0.25) is 0 Å². The topological polar surface area (TPSA) is 66.5 Å². The van der Waals surface area contributed by atoms with Gasteiger partial charge in [-0.3, -0.25) is 0 Å². The lowest BCUT2D eigenvalue weighted by Gasteiger charge is -2.18. The molecule has 3 heteroatoms. The molecule has 116 valence electrons. The minimum absolute atomic E-state index is 0.505. The average Bonchev–Trinajstić information content (AvgIpc) is 2.62. The Bertz CT molecular complexity index is 772. The number of rotatable bonds is 4. The molecule has 0 amide bonds. The maximum Gasteiger partial charge on any atom is 0.106 e. The normalized spacial score (nSPS) is 13.5. The van der Waals surface area contributed by atoms with E-state index in [9.17, 15) is 10.2 Å². The van der Waals surface area contributed by atoms with E-state index in [2.05, 4.69) is 0 Å². The first kappa shape index (κ1) is 15.3. The Labute approximate surface area is 135 Å². The van der Waals surface area contributed by atoms with E-state index >= 15 is 0 Å². The number of benzene rings is 3. The smallest absolute Gasteiger partial charge is 0.106 e. The predicted octanol–water partition coefficient (Wildman–Crippen LogP) is 3.43. The van der Waals surface area contributed by atoms with Crippen LogP contribution in [0.4, 0.5) is 5.69 Å². The summed E-state index contributed by atoms with van der Waals surface area (Å²) >= 11 is 0. The zero-order valence-corrected chi connectivity index (χ0v) is 12.6. The second-order valence-electron chi connectivity index (χ2n) is 5.51. The lowest BCUT2D eigenvalue weighted by Crippen LogP contribution is -2.07. The van der Waals surface area contributed by atoms with E-state index in [1.165, 1.54) is 0 Å². The van der Waals surface area contributed by atoms with Crippen LogP contribution in [0.2, 0.25) is 0 Å². The number of hydrogen-bond donors (Lipinski definition) is 3. The van der Waals surface area contributed by atoms with E-state index in [4.69, 9.17) is 5.73 Å². The van der Waals surface area contributed by atoms with Gasteiger partial charge in [0.05, 0.1) is 0 Å². The standard InChI is InChI=1S/C20H19NO2/c21-18-12-11-16(19(22)14-7-3-1-4-8-14)13-17(18)20(23)15-9-5-2-6-10-15/h1-13,19-20,22-23H,21H2. The Morgan fingerprint density at radius 2 is 1.13 bits per heavy atom. The molecule has 2 unspecified atom stereocenters. The van der Waals surface area contributed by atoms with Crippen LogP contribution in [0.5, 0.6) is 0 Å². The highest BCUT2D eigenvalue weighted by Gasteiger charge is 2.17. The summed E-state index contributed by atoms with van der Waals surface area (Å²) in [7, 11) is 0. The summed E-state index contributed by atoms with van der Waals surface area (Å²) in [5.74, 6) is 0. The van der Waals surface area contributed by atoms with Crippen LogP contribution in [0.3, 0.4) is 0 Å². The van der Waals surface area contributed by atoms with Crippen molar-refractivity contribution in [3.05, 3.63) is 101 Å². The van der Waals surface area contributed by atoms with Crippen molar-refractivity contribution in [2.24, 2.45) is 0 Å². The van der Waals surface area contributed by atoms with Crippen molar-refractivity contribution in [1.82, 2.24) is 0 Å². The number of anilines is 1. The molecule has 0 aliphatic carbocycles. The molecule has 3 rings (SSSR count). The lowest BCUT2D eigenvalue weighted by atomic mass is 9.94. The summed E-state index contributed by atoms with van der Waals surface area (Å²) in [4.78, 5) is 0. The van der Waals surface area contributed by atoms with Crippen molar-refractivity contribution in [2.75, 3.05) is 5.73 Å². The van der Waals surface area contributed by atoms with Crippen LogP contribution in [0, 0.1) is 0 Å². The van der Waals surface area contributed by atoms with Crippen LogP contribution in [0.25, 0.3) is 0 Å². The van der Waals surface area contributed by atoms with Gasteiger partial charge in [-0.15, -0.1) is 0 Å². The van der Waals surface area contributed by atoms with E-state index < -0.39 is 12.2 Å². The summed E-state index contributed by atoms with van der Waals surface area (Å²) in [6, 6.07) is 24.0. The van der Waals surface area contributed by atoms with E-state index in [0.29, 0.717) is 16.8 Å². The average molecular weight is 305 g/mol. The molecule has 23 heavy (non-hydrogen) atoms. The fourth-order valence-electron chi connectivity index (χ4n) is 2.64. The molecule has 0 saturated heterocycles. The third kappa shape index (κ3) is 3.26. The first-order valence-electron chi connectivity index (χ1n) is 7.52. The van der Waals surface area contributed by atoms with Crippen molar-refractivity contribution in [3.63, 3.8) is 0 Å². The highest BCUT2D eigenvalue weighted by molar-refractivity contribution is 5.53. The molecule has 3 aromatic carbocycles.